The Balaban J connectivity index is 2.91. The van der Waals surface area contributed by atoms with Crippen LogP contribution in [0.25, 0.3) is 0 Å². The molecule has 0 saturated heterocycles. The molecule has 0 aromatic carbocycles. The fourth-order valence-electron chi connectivity index (χ4n) is 1.03. The van der Waals surface area contributed by atoms with Crippen LogP contribution < -0.4 is 0 Å². The van der Waals surface area contributed by atoms with Crippen molar-refractivity contribution in [3.05, 3.63) is 18.0 Å². The number of rotatable bonds is 4. The second kappa shape index (κ2) is 4.90. The molecule has 1 aromatic heterocycles. The van der Waals surface area contributed by atoms with Gasteiger partial charge in [0.05, 0.1) is 5.75 Å². The molecule has 0 N–H and O–H groups in total. The normalized spacial score (nSPS) is 13.8. The highest BCUT2D eigenvalue weighted by molar-refractivity contribution is 7.91. The molecule has 1 rings (SSSR count). The molecule has 84 valence electrons. The van der Waals surface area contributed by atoms with Gasteiger partial charge in [0.1, 0.15) is 0 Å². The Hall–Kier alpha value is -0.680. The lowest BCUT2D eigenvalue weighted by Crippen LogP contribution is -2.17. The Bertz CT molecular complexity index is 416. The van der Waals surface area contributed by atoms with Crippen LogP contribution >= 0.6 is 11.6 Å². The number of nitrogens with zero attached hydrogens (tertiary/aromatic N) is 2. The molecule has 0 aliphatic heterocycles. The Labute approximate surface area is 94.6 Å². The molecule has 0 bridgehead atoms. The molecule has 4 nitrogen and oxygen atoms in total. The van der Waals surface area contributed by atoms with E-state index in [2.05, 4.69) is 9.97 Å². The van der Waals surface area contributed by atoms with E-state index in [1.165, 1.54) is 12.4 Å². The Kier molecular flexibility index (Phi) is 4.04. The molecule has 0 aliphatic rings. The summed E-state index contributed by atoms with van der Waals surface area (Å²) in [5, 5.41) is -0.120. The smallest absolute Gasteiger partial charge is 0.227 e. The van der Waals surface area contributed by atoms with Crippen LogP contribution in [0.5, 0.6) is 0 Å². The van der Waals surface area contributed by atoms with Crippen molar-refractivity contribution in [1.29, 1.82) is 0 Å². The van der Waals surface area contributed by atoms with Gasteiger partial charge in [0.25, 0.3) is 0 Å². The molecule has 0 aliphatic carbocycles. The molecule has 6 heteroatoms. The molecule has 0 spiro atoms. The average Bonchev–Trinajstić information content (AvgIpc) is 2.17. The number of hydrogen-bond acceptors (Lipinski definition) is 4. The van der Waals surface area contributed by atoms with E-state index < -0.39 is 9.84 Å². The van der Waals surface area contributed by atoms with Gasteiger partial charge in [0.15, 0.2) is 0 Å². The first-order valence-corrected chi connectivity index (χ1v) is 6.71. The molecule has 15 heavy (non-hydrogen) atoms. The van der Waals surface area contributed by atoms with Crippen molar-refractivity contribution in [2.45, 2.75) is 19.0 Å². The number of aromatic nitrogens is 2. The number of halogens is 1. The highest BCUT2D eigenvalue weighted by Crippen LogP contribution is 2.10. The van der Waals surface area contributed by atoms with Gasteiger partial charge in [0.2, 0.25) is 15.0 Å². The van der Waals surface area contributed by atoms with Gasteiger partial charge in [-0.15, -0.1) is 11.6 Å². The maximum atomic E-state index is 11.7. The molecule has 1 unspecified atom stereocenters. The zero-order valence-corrected chi connectivity index (χ0v) is 10.2. The van der Waals surface area contributed by atoms with Crippen molar-refractivity contribution < 1.29 is 8.42 Å². The van der Waals surface area contributed by atoms with E-state index in [1.807, 2.05) is 0 Å². The third-order valence-corrected chi connectivity index (χ3v) is 4.10. The average molecular weight is 249 g/mol. The van der Waals surface area contributed by atoms with E-state index in [0.717, 1.165) is 5.56 Å². The second-order valence-electron chi connectivity index (χ2n) is 3.58. The van der Waals surface area contributed by atoms with Crippen LogP contribution in [0.4, 0.5) is 0 Å². The molecule has 0 fully saturated rings. The van der Waals surface area contributed by atoms with Gasteiger partial charge >= 0.3 is 0 Å². The Morgan fingerprint density at radius 1 is 1.40 bits per heavy atom. The fourth-order valence-corrected chi connectivity index (χ4v) is 2.72. The summed E-state index contributed by atoms with van der Waals surface area (Å²) in [4.78, 5) is 7.59. The third-order valence-electron chi connectivity index (χ3n) is 1.80. The maximum Gasteiger partial charge on any atom is 0.247 e. The largest absolute Gasteiger partial charge is 0.247 e. The lowest BCUT2D eigenvalue weighted by molar-refractivity contribution is 0.574. The summed E-state index contributed by atoms with van der Waals surface area (Å²) < 4.78 is 23.5. The van der Waals surface area contributed by atoms with Crippen molar-refractivity contribution in [3.63, 3.8) is 0 Å². The van der Waals surface area contributed by atoms with Gasteiger partial charge in [-0.05, 0) is 18.4 Å². The van der Waals surface area contributed by atoms with Crippen LogP contribution in [0.15, 0.2) is 17.6 Å². The second-order valence-corrected chi connectivity index (χ2v) is 5.82. The minimum atomic E-state index is -3.40. The predicted octanol–water partition coefficient (Wildman–Crippen LogP) is 1.43. The minimum Gasteiger partial charge on any atom is -0.227 e. The van der Waals surface area contributed by atoms with E-state index in [4.69, 9.17) is 11.6 Å². The molecule has 0 amide bonds. The highest BCUT2D eigenvalue weighted by atomic mass is 35.5. The SMILES string of the molecule is Cc1cnc(S(=O)(=O)CC(C)CCl)nc1. The molecular weight excluding hydrogens is 236 g/mol. The monoisotopic (exact) mass is 248 g/mol. The molecule has 0 radical (unpaired) electrons. The maximum absolute atomic E-state index is 11.7. The molecule has 1 heterocycles. The van der Waals surface area contributed by atoms with Crippen molar-refractivity contribution >= 4 is 21.4 Å². The summed E-state index contributed by atoms with van der Waals surface area (Å²) in [6, 6.07) is 0. The summed E-state index contributed by atoms with van der Waals surface area (Å²) in [7, 11) is -3.40. The standard InChI is InChI=1S/C9H13ClN2O2S/c1-7(3-10)6-15(13,14)9-11-4-8(2)5-12-9/h4-5,7H,3,6H2,1-2H3. The minimum absolute atomic E-state index is 0.0143. The molecule has 1 aromatic rings. The summed E-state index contributed by atoms with van der Waals surface area (Å²) in [5.74, 6) is 0.201. The number of hydrogen-bond donors (Lipinski definition) is 0. The highest BCUT2D eigenvalue weighted by Gasteiger charge is 2.20. The van der Waals surface area contributed by atoms with Crippen molar-refractivity contribution in [3.8, 4) is 0 Å². The van der Waals surface area contributed by atoms with E-state index in [0.29, 0.717) is 5.88 Å². The van der Waals surface area contributed by atoms with Gasteiger partial charge in [-0.1, -0.05) is 6.92 Å². The summed E-state index contributed by atoms with van der Waals surface area (Å²) in [5.41, 5.74) is 0.833. The van der Waals surface area contributed by atoms with Gasteiger partial charge in [-0.3, -0.25) is 0 Å². The van der Waals surface area contributed by atoms with Crippen molar-refractivity contribution in [2.24, 2.45) is 5.92 Å². The van der Waals surface area contributed by atoms with Gasteiger partial charge in [-0.25, -0.2) is 18.4 Å². The van der Waals surface area contributed by atoms with Crippen LogP contribution in [0.1, 0.15) is 12.5 Å². The summed E-state index contributed by atoms with van der Waals surface area (Å²) in [6.45, 7) is 3.58. The molecule has 0 saturated carbocycles. The van der Waals surface area contributed by atoms with Crippen LogP contribution in [0, 0.1) is 12.8 Å². The number of sulfone groups is 1. The van der Waals surface area contributed by atoms with Crippen molar-refractivity contribution in [1.82, 2.24) is 9.97 Å². The molecular formula is C9H13ClN2O2S. The summed E-state index contributed by atoms with van der Waals surface area (Å²) in [6.07, 6.45) is 2.98. The quantitative estimate of drug-likeness (QED) is 0.598. The van der Waals surface area contributed by atoms with E-state index >= 15 is 0 Å². The van der Waals surface area contributed by atoms with E-state index in [9.17, 15) is 8.42 Å². The Morgan fingerprint density at radius 3 is 2.40 bits per heavy atom. The lowest BCUT2D eigenvalue weighted by Gasteiger charge is -2.06. The first-order chi connectivity index (χ1) is 6.95. The van der Waals surface area contributed by atoms with Crippen LogP contribution in [-0.4, -0.2) is 30.0 Å². The van der Waals surface area contributed by atoms with Gasteiger partial charge in [-0.2, -0.15) is 0 Å². The van der Waals surface area contributed by atoms with Crippen molar-refractivity contribution in [2.75, 3.05) is 11.6 Å². The van der Waals surface area contributed by atoms with Crippen LogP contribution in [-0.2, 0) is 9.84 Å². The number of aryl methyl sites for hydroxylation is 1. The summed E-state index contributed by atoms with van der Waals surface area (Å²) >= 11 is 5.57. The first kappa shape index (κ1) is 12.4. The zero-order chi connectivity index (χ0) is 11.5. The fraction of sp³-hybridized carbons (Fsp3) is 0.556. The van der Waals surface area contributed by atoms with E-state index in [1.54, 1.807) is 13.8 Å². The Morgan fingerprint density at radius 2 is 1.93 bits per heavy atom. The van der Waals surface area contributed by atoms with Gasteiger partial charge < -0.3 is 0 Å². The van der Waals surface area contributed by atoms with Crippen LogP contribution in [0.3, 0.4) is 0 Å². The first-order valence-electron chi connectivity index (χ1n) is 4.53. The lowest BCUT2D eigenvalue weighted by atomic mass is 10.3. The topological polar surface area (TPSA) is 59.9 Å². The predicted molar refractivity (Wildman–Crippen MR) is 58.7 cm³/mol. The number of alkyl halides is 1. The van der Waals surface area contributed by atoms with E-state index in [-0.39, 0.29) is 16.8 Å². The third kappa shape index (κ3) is 3.43. The van der Waals surface area contributed by atoms with Gasteiger partial charge in [0, 0.05) is 18.3 Å². The zero-order valence-electron chi connectivity index (χ0n) is 8.64. The van der Waals surface area contributed by atoms with Crippen LogP contribution in [0.2, 0.25) is 0 Å². The molecule has 1 atom stereocenters.